The molecule has 39 heavy (non-hydrogen) atoms. The van der Waals surface area contributed by atoms with Gasteiger partial charge in [-0.1, -0.05) is 61.4 Å². The number of hydrogen-bond donors (Lipinski definition) is 5. The molecule has 0 spiro atoms. The van der Waals surface area contributed by atoms with E-state index in [1.165, 1.54) is 0 Å². The molecule has 0 aliphatic carbocycles. The molecular formula is C29H34N4O6. The number of aromatic nitrogens is 1. The summed E-state index contributed by atoms with van der Waals surface area (Å²) >= 11 is 0. The Morgan fingerprint density at radius 1 is 0.949 bits per heavy atom. The number of nitrogens with one attached hydrogen (secondary N) is 3. The van der Waals surface area contributed by atoms with Gasteiger partial charge in [0.2, 0.25) is 17.7 Å². The number of carbonyl (C=O) groups excluding carboxylic acids is 3. The van der Waals surface area contributed by atoms with Crippen molar-refractivity contribution >= 4 is 34.6 Å². The molecule has 10 nitrogen and oxygen atoms in total. The zero-order valence-electron chi connectivity index (χ0n) is 21.7. The minimum Gasteiger partial charge on any atom is -0.480 e. The van der Waals surface area contributed by atoms with Crippen LogP contribution in [0.25, 0.3) is 10.9 Å². The molecule has 206 valence electrons. The molecule has 5 N–H and O–H groups in total. The van der Waals surface area contributed by atoms with Crippen molar-refractivity contribution in [3.63, 3.8) is 0 Å². The maximum atomic E-state index is 13.6. The van der Waals surface area contributed by atoms with Crippen LogP contribution in [0, 0.1) is 0 Å². The van der Waals surface area contributed by atoms with Crippen molar-refractivity contribution in [1.29, 1.82) is 0 Å². The fraction of sp³-hybridized carbons (Fsp3) is 0.379. The first kappa shape index (κ1) is 27.8. The van der Waals surface area contributed by atoms with E-state index >= 15 is 0 Å². The van der Waals surface area contributed by atoms with Crippen LogP contribution < -0.4 is 10.8 Å². The number of carboxylic acids is 1. The second kappa shape index (κ2) is 13.1. The summed E-state index contributed by atoms with van der Waals surface area (Å²) in [5.74, 6) is -2.77. The van der Waals surface area contributed by atoms with Crippen molar-refractivity contribution in [3.8, 4) is 0 Å². The lowest BCUT2D eigenvalue weighted by molar-refractivity contribution is -0.142. The predicted octanol–water partition coefficient (Wildman–Crippen LogP) is 3.25. The molecule has 3 aromatic rings. The molecule has 3 amide bonds. The van der Waals surface area contributed by atoms with Crippen molar-refractivity contribution in [2.75, 3.05) is 6.54 Å². The maximum Gasteiger partial charge on any atom is 0.326 e. The van der Waals surface area contributed by atoms with Gasteiger partial charge in [-0.05, 0) is 30.0 Å². The van der Waals surface area contributed by atoms with E-state index in [9.17, 15) is 24.3 Å². The Morgan fingerprint density at radius 3 is 2.36 bits per heavy atom. The Kier molecular flexibility index (Phi) is 9.32. The summed E-state index contributed by atoms with van der Waals surface area (Å²) in [4.78, 5) is 54.9. The zero-order valence-corrected chi connectivity index (χ0v) is 21.7. The van der Waals surface area contributed by atoms with E-state index in [2.05, 4.69) is 10.3 Å². The lowest BCUT2D eigenvalue weighted by atomic mass is 9.90. The highest BCUT2D eigenvalue weighted by atomic mass is 16.5. The quantitative estimate of drug-likeness (QED) is 0.137. The van der Waals surface area contributed by atoms with Crippen molar-refractivity contribution < 1.29 is 29.5 Å². The maximum absolute atomic E-state index is 13.6. The number of benzene rings is 2. The van der Waals surface area contributed by atoms with Gasteiger partial charge in [0.15, 0.2) is 0 Å². The zero-order chi connectivity index (χ0) is 27.8. The number of unbranched alkanes of at least 4 members (excludes halogenated alkanes) is 3. The third kappa shape index (κ3) is 7.02. The van der Waals surface area contributed by atoms with Crippen LogP contribution in [0.3, 0.4) is 0 Å². The first-order valence-electron chi connectivity index (χ1n) is 13.2. The fourth-order valence-corrected chi connectivity index (χ4v) is 5.16. The van der Waals surface area contributed by atoms with Crippen LogP contribution in [0.15, 0.2) is 54.6 Å². The van der Waals surface area contributed by atoms with Gasteiger partial charge in [-0.15, -0.1) is 0 Å². The molecule has 1 aliphatic rings. The van der Waals surface area contributed by atoms with Gasteiger partial charge >= 0.3 is 5.97 Å². The Bertz CT molecular complexity index is 1320. The third-order valence-electron chi connectivity index (χ3n) is 7.16. The van der Waals surface area contributed by atoms with E-state index in [1.54, 1.807) is 10.4 Å². The van der Waals surface area contributed by atoms with Crippen LogP contribution in [-0.4, -0.2) is 56.5 Å². The average Bonchev–Trinajstić information content (AvgIpc) is 3.32. The fourth-order valence-electron chi connectivity index (χ4n) is 5.16. The summed E-state index contributed by atoms with van der Waals surface area (Å²) in [7, 11) is 0. The Balaban J connectivity index is 1.47. The standard InChI is InChI=1S/C29H34N4O6/c34-25(32-39)14-6-1-2-7-15-26(35)33-17-21(27-20-12-8-9-13-22(20)30-24(27)18-33)28(36)31-23(29(37)38)16-19-10-4-3-5-11-19/h3-5,8-13,21,23,30,39H,1-2,6-7,14-18H2,(H,31,36)(H,32,34)(H,37,38). The molecule has 10 heteroatoms. The number of H-pyrrole nitrogens is 1. The van der Waals surface area contributed by atoms with Crippen LogP contribution in [0.1, 0.15) is 61.3 Å². The highest BCUT2D eigenvalue weighted by Gasteiger charge is 2.36. The molecule has 0 bridgehead atoms. The highest BCUT2D eigenvalue weighted by molar-refractivity contribution is 5.96. The summed E-state index contributed by atoms with van der Waals surface area (Å²) < 4.78 is 0. The van der Waals surface area contributed by atoms with Gasteiger partial charge in [0.05, 0.1) is 12.5 Å². The first-order valence-corrected chi connectivity index (χ1v) is 13.2. The lowest BCUT2D eigenvalue weighted by Gasteiger charge is -2.33. The summed E-state index contributed by atoms with van der Waals surface area (Å²) in [6.45, 7) is 0.504. The molecule has 4 rings (SSSR count). The number of amides is 3. The lowest BCUT2D eigenvalue weighted by Crippen LogP contribution is -2.48. The van der Waals surface area contributed by atoms with Gasteiger partial charge in [0, 0.05) is 42.4 Å². The molecule has 2 unspecified atom stereocenters. The summed E-state index contributed by atoms with van der Waals surface area (Å²) in [6, 6.07) is 15.7. The number of aliphatic carboxylic acids is 1. The molecule has 2 atom stereocenters. The van der Waals surface area contributed by atoms with E-state index in [0.29, 0.717) is 25.8 Å². The normalized spacial score (nSPS) is 15.4. The van der Waals surface area contributed by atoms with Crippen molar-refractivity contribution in [1.82, 2.24) is 20.7 Å². The van der Waals surface area contributed by atoms with Crippen molar-refractivity contribution in [3.05, 3.63) is 71.4 Å². The first-order chi connectivity index (χ1) is 18.9. The second-order valence-electron chi connectivity index (χ2n) is 9.93. The van der Waals surface area contributed by atoms with Gasteiger partial charge in [0.25, 0.3) is 0 Å². The number of fused-ring (bicyclic) bond motifs is 3. The largest absolute Gasteiger partial charge is 0.480 e. The molecule has 0 fully saturated rings. The number of para-hydroxylation sites is 1. The summed E-state index contributed by atoms with van der Waals surface area (Å²) in [6.07, 6.45) is 3.48. The minimum absolute atomic E-state index is 0.0794. The molecule has 0 saturated carbocycles. The molecular weight excluding hydrogens is 500 g/mol. The minimum atomic E-state index is -1.12. The van der Waals surface area contributed by atoms with Crippen molar-refractivity contribution in [2.24, 2.45) is 0 Å². The molecule has 0 saturated heterocycles. The van der Waals surface area contributed by atoms with Crippen LogP contribution in [-0.2, 0) is 32.1 Å². The number of hydroxylamine groups is 1. The predicted molar refractivity (Wildman–Crippen MR) is 144 cm³/mol. The average molecular weight is 535 g/mol. The van der Waals surface area contributed by atoms with E-state index in [-0.39, 0.29) is 25.3 Å². The van der Waals surface area contributed by atoms with Crippen LogP contribution in [0.5, 0.6) is 0 Å². The van der Waals surface area contributed by atoms with Crippen LogP contribution >= 0.6 is 0 Å². The van der Waals surface area contributed by atoms with Gasteiger partial charge in [0.1, 0.15) is 6.04 Å². The Morgan fingerprint density at radius 2 is 1.64 bits per heavy atom. The van der Waals surface area contributed by atoms with Gasteiger partial charge in [-0.3, -0.25) is 19.6 Å². The SMILES string of the molecule is O=C(CCCCCCC(=O)N1Cc2[nH]c3ccccc3c2C(C(=O)NC(Cc2ccccc2)C(=O)O)C1)NO. The number of carboxylic acid groups (broad SMARTS) is 1. The Labute approximate surface area is 226 Å². The van der Waals surface area contributed by atoms with E-state index < -0.39 is 29.7 Å². The molecule has 2 heterocycles. The van der Waals surface area contributed by atoms with E-state index in [0.717, 1.165) is 40.6 Å². The number of nitrogens with zero attached hydrogens (tertiary/aromatic N) is 1. The number of hydrogen-bond acceptors (Lipinski definition) is 5. The molecule has 0 radical (unpaired) electrons. The van der Waals surface area contributed by atoms with E-state index in [4.69, 9.17) is 5.21 Å². The number of aromatic amines is 1. The van der Waals surface area contributed by atoms with Gasteiger partial charge in [-0.25, -0.2) is 10.3 Å². The summed E-state index contributed by atoms with van der Waals surface area (Å²) in [5.41, 5.74) is 4.86. The monoisotopic (exact) mass is 534 g/mol. The topological polar surface area (TPSA) is 152 Å². The van der Waals surface area contributed by atoms with Crippen LogP contribution in [0.4, 0.5) is 0 Å². The molecule has 1 aromatic heterocycles. The number of carbonyl (C=O) groups is 4. The van der Waals surface area contributed by atoms with Gasteiger partial charge in [-0.2, -0.15) is 0 Å². The highest BCUT2D eigenvalue weighted by Crippen LogP contribution is 2.35. The molecule has 2 aromatic carbocycles. The third-order valence-corrected chi connectivity index (χ3v) is 7.16. The second-order valence-corrected chi connectivity index (χ2v) is 9.93. The van der Waals surface area contributed by atoms with Crippen LogP contribution in [0.2, 0.25) is 0 Å². The Hall–Kier alpha value is -4.18. The van der Waals surface area contributed by atoms with E-state index in [1.807, 2.05) is 54.6 Å². The smallest absolute Gasteiger partial charge is 0.326 e. The number of rotatable bonds is 12. The van der Waals surface area contributed by atoms with Gasteiger partial charge < -0.3 is 20.3 Å². The van der Waals surface area contributed by atoms with Crippen molar-refractivity contribution in [2.45, 2.75) is 63.5 Å². The molecule has 1 aliphatic heterocycles. The summed E-state index contributed by atoms with van der Waals surface area (Å²) in [5, 5.41) is 22.0.